The molecule has 6 N–H and O–H groups in total. The largest absolute Gasteiger partial charge is 0.479 e. The van der Waals surface area contributed by atoms with Crippen molar-refractivity contribution < 1.29 is 43.4 Å². The number of carbonyl (C=O) groups excluding carboxylic acids is 6. The number of ether oxygens (including phenoxy) is 1. The summed E-state index contributed by atoms with van der Waals surface area (Å²) in [6.45, 7) is 6.28. The van der Waals surface area contributed by atoms with E-state index < -0.39 is 77.8 Å². The molecule has 1 unspecified atom stereocenters. The molecule has 0 saturated heterocycles. The van der Waals surface area contributed by atoms with Crippen molar-refractivity contribution in [3.05, 3.63) is 70.8 Å². The maximum atomic E-state index is 14.2. The molecule has 2 aliphatic carbocycles. The Balaban J connectivity index is 1.52. The van der Waals surface area contributed by atoms with Gasteiger partial charge >= 0.3 is 12.1 Å². The average molecular weight is 776 g/mol. The molecule has 4 rings (SSSR count). The first-order chi connectivity index (χ1) is 26.7. The van der Waals surface area contributed by atoms with Crippen LogP contribution in [0.3, 0.4) is 0 Å². The van der Waals surface area contributed by atoms with Crippen molar-refractivity contribution in [1.82, 2.24) is 26.6 Å². The predicted molar refractivity (Wildman–Crippen MR) is 208 cm³/mol. The summed E-state index contributed by atoms with van der Waals surface area (Å²) in [4.78, 5) is 92.4. The van der Waals surface area contributed by atoms with Gasteiger partial charge in [-0.3, -0.25) is 24.0 Å². The third kappa shape index (κ3) is 12.9. The van der Waals surface area contributed by atoms with E-state index in [1.807, 2.05) is 12.1 Å². The van der Waals surface area contributed by atoms with Crippen molar-refractivity contribution in [3.63, 3.8) is 0 Å². The summed E-state index contributed by atoms with van der Waals surface area (Å²) in [5, 5.41) is 22.6. The van der Waals surface area contributed by atoms with Gasteiger partial charge in [-0.15, -0.1) is 0 Å². The SMILES string of the molecule is CCCC(NC(=O)[C@H](Cc1cccc2c1CCCC2)NC(=O)[C@@H](NC(=O)OC(C)(C)C)C1CCCCC1)C(=O)C(=O)NCC(=O)N[C@H](C(=O)O)c1ccccc1. The zero-order valence-corrected chi connectivity index (χ0v) is 32.9. The van der Waals surface area contributed by atoms with Crippen LogP contribution in [0.1, 0.15) is 114 Å². The van der Waals surface area contributed by atoms with Crippen molar-refractivity contribution in [3.8, 4) is 0 Å². The molecular weight excluding hydrogens is 718 g/mol. The van der Waals surface area contributed by atoms with Crippen molar-refractivity contribution in [2.24, 2.45) is 5.92 Å². The Bertz CT molecular complexity index is 1720. The number of nitrogens with one attached hydrogen (secondary N) is 5. The molecule has 1 saturated carbocycles. The molecular formula is C42H57N5O9. The number of alkyl carbamates (subject to hydrolysis) is 1. The van der Waals surface area contributed by atoms with Crippen LogP contribution in [0.5, 0.6) is 0 Å². The number of Topliss-reactive ketones (excluding diaryl/α,β-unsaturated/α-hetero) is 1. The molecule has 2 aromatic carbocycles. The number of carbonyl (C=O) groups is 7. The number of fused-ring (bicyclic) bond motifs is 1. The molecule has 14 heteroatoms. The van der Waals surface area contributed by atoms with Crippen LogP contribution in [-0.4, -0.2) is 76.9 Å². The number of hydrogen-bond acceptors (Lipinski definition) is 8. The third-order valence-corrected chi connectivity index (χ3v) is 10.2. The molecule has 56 heavy (non-hydrogen) atoms. The topological polar surface area (TPSA) is 209 Å². The Morgan fingerprint density at radius 1 is 0.786 bits per heavy atom. The van der Waals surface area contributed by atoms with Gasteiger partial charge in [-0.25, -0.2) is 9.59 Å². The number of ketones is 1. The normalized spacial score (nSPS) is 16.4. The summed E-state index contributed by atoms with van der Waals surface area (Å²) in [6, 6.07) is 9.13. The molecule has 0 radical (unpaired) electrons. The molecule has 2 aromatic rings. The molecule has 0 aromatic heterocycles. The van der Waals surface area contributed by atoms with E-state index in [0.717, 1.165) is 56.1 Å². The highest BCUT2D eigenvalue weighted by Crippen LogP contribution is 2.28. The van der Waals surface area contributed by atoms with E-state index in [4.69, 9.17) is 4.74 Å². The Morgan fingerprint density at radius 3 is 2.12 bits per heavy atom. The second kappa shape index (κ2) is 20.6. The lowest BCUT2D eigenvalue weighted by atomic mass is 9.83. The molecule has 0 aliphatic heterocycles. The van der Waals surface area contributed by atoms with Gasteiger partial charge in [0.1, 0.15) is 17.7 Å². The van der Waals surface area contributed by atoms with E-state index in [1.165, 1.54) is 17.7 Å². The number of benzene rings is 2. The minimum Gasteiger partial charge on any atom is -0.479 e. The fourth-order valence-electron chi connectivity index (χ4n) is 7.42. The summed E-state index contributed by atoms with van der Waals surface area (Å²) in [6.07, 6.45) is 7.84. The van der Waals surface area contributed by atoms with Crippen LogP contribution < -0.4 is 26.6 Å². The van der Waals surface area contributed by atoms with E-state index in [0.29, 0.717) is 24.8 Å². The fraction of sp³-hybridized carbons (Fsp3) is 0.548. The number of aliphatic carboxylic acids is 1. The van der Waals surface area contributed by atoms with Gasteiger partial charge in [-0.1, -0.05) is 81.1 Å². The van der Waals surface area contributed by atoms with Gasteiger partial charge in [0.2, 0.25) is 23.5 Å². The first kappa shape index (κ1) is 43.5. The Hall–Kier alpha value is -5.27. The molecule has 0 heterocycles. The lowest BCUT2D eigenvalue weighted by molar-refractivity contribution is -0.142. The third-order valence-electron chi connectivity index (χ3n) is 10.2. The van der Waals surface area contributed by atoms with Crippen LogP contribution in [0.2, 0.25) is 0 Å². The van der Waals surface area contributed by atoms with Crippen molar-refractivity contribution >= 4 is 41.5 Å². The van der Waals surface area contributed by atoms with Crippen molar-refractivity contribution in [1.29, 1.82) is 0 Å². The molecule has 2 aliphatic rings. The molecule has 5 amide bonds. The number of rotatable bonds is 17. The van der Waals surface area contributed by atoms with Crippen molar-refractivity contribution in [2.75, 3.05) is 6.54 Å². The highest BCUT2D eigenvalue weighted by Gasteiger charge is 2.36. The minimum absolute atomic E-state index is 0.0889. The first-order valence-electron chi connectivity index (χ1n) is 19.8. The summed E-state index contributed by atoms with van der Waals surface area (Å²) in [7, 11) is 0. The summed E-state index contributed by atoms with van der Waals surface area (Å²) in [5.41, 5.74) is 2.72. The Morgan fingerprint density at radius 2 is 1.46 bits per heavy atom. The van der Waals surface area contributed by atoms with E-state index in [-0.39, 0.29) is 18.8 Å². The number of aryl methyl sites for hydroxylation is 1. The van der Waals surface area contributed by atoms with Gasteiger partial charge in [-0.05, 0) is 93.9 Å². The average Bonchev–Trinajstić information content (AvgIpc) is 3.17. The second-order valence-electron chi connectivity index (χ2n) is 15.7. The highest BCUT2D eigenvalue weighted by atomic mass is 16.6. The van der Waals surface area contributed by atoms with Gasteiger partial charge < -0.3 is 36.4 Å². The van der Waals surface area contributed by atoms with Crippen molar-refractivity contribution in [2.45, 2.75) is 135 Å². The maximum absolute atomic E-state index is 14.2. The van der Waals surface area contributed by atoms with Crippen LogP contribution >= 0.6 is 0 Å². The van der Waals surface area contributed by atoms with Gasteiger partial charge in [0, 0.05) is 6.42 Å². The van der Waals surface area contributed by atoms with Gasteiger partial charge in [-0.2, -0.15) is 0 Å². The summed E-state index contributed by atoms with van der Waals surface area (Å²) < 4.78 is 5.50. The second-order valence-corrected chi connectivity index (χ2v) is 15.7. The lowest BCUT2D eigenvalue weighted by Crippen LogP contribution is -2.59. The zero-order valence-electron chi connectivity index (χ0n) is 32.9. The number of hydrogen-bond donors (Lipinski definition) is 6. The number of carboxylic acid groups (broad SMARTS) is 1. The van der Waals surface area contributed by atoms with Crippen LogP contribution in [0, 0.1) is 5.92 Å². The minimum atomic E-state index is -1.37. The number of amides is 5. The monoisotopic (exact) mass is 775 g/mol. The lowest BCUT2D eigenvalue weighted by Gasteiger charge is -2.32. The first-order valence-corrected chi connectivity index (χ1v) is 19.8. The highest BCUT2D eigenvalue weighted by molar-refractivity contribution is 6.38. The quantitative estimate of drug-likeness (QED) is 0.128. The Labute approximate surface area is 328 Å². The van der Waals surface area contributed by atoms with Crippen LogP contribution in [0.4, 0.5) is 4.79 Å². The molecule has 14 nitrogen and oxygen atoms in total. The molecule has 304 valence electrons. The van der Waals surface area contributed by atoms with Gasteiger partial charge in [0.05, 0.1) is 12.6 Å². The van der Waals surface area contributed by atoms with E-state index in [2.05, 4.69) is 32.7 Å². The molecule has 4 atom stereocenters. The smallest absolute Gasteiger partial charge is 0.408 e. The maximum Gasteiger partial charge on any atom is 0.408 e. The predicted octanol–water partition coefficient (Wildman–Crippen LogP) is 3.98. The van der Waals surface area contributed by atoms with E-state index >= 15 is 0 Å². The van der Waals surface area contributed by atoms with Gasteiger partial charge in [0.25, 0.3) is 5.91 Å². The molecule has 0 bridgehead atoms. The van der Waals surface area contributed by atoms with Crippen LogP contribution in [0.15, 0.2) is 48.5 Å². The molecule has 1 fully saturated rings. The van der Waals surface area contributed by atoms with E-state index in [9.17, 15) is 38.7 Å². The fourth-order valence-corrected chi connectivity index (χ4v) is 7.42. The summed E-state index contributed by atoms with van der Waals surface area (Å²) in [5.74, 6) is -5.69. The standard InChI is InChI=1S/C42H57N5O9/c1-5-15-31(36(49)39(52)43-25-33(48)46-35(40(53)54)28-19-10-7-11-20-28)44-37(50)32(24-29-22-14-21-26-16-12-13-23-30(26)29)45-38(51)34(27-17-8-6-9-18-27)47-41(55)56-42(2,3)4/h7,10-11,14,19-22,27,31-32,34-35H,5-6,8-9,12-13,15-18,23-25H2,1-4H3,(H,43,52)(H,44,50)(H,45,51)(H,46,48)(H,47,55)(H,53,54)/t31?,32-,34-,35-/m0/s1. The summed E-state index contributed by atoms with van der Waals surface area (Å²) >= 11 is 0. The molecule has 0 spiro atoms. The van der Waals surface area contributed by atoms with Crippen LogP contribution in [0.25, 0.3) is 0 Å². The van der Waals surface area contributed by atoms with E-state index in [1.54, 1.807) is 45.9 Å². The zero-order chi connectivity index (χ0) is 40.8. The Kier molecular flexibility index (Phi) is 16.0. The van der Waals surface area contributed by atoms with Crippen LogP contribution in [-0.2, 0) is 52.8 Å². The number of carboxylic acids is 1. The van der Waals surface area contributed by atoms with Gasteiger partial charge in [0.15, 0.2) is 6.04 Å².